The minimum Gasteiger partial charge on any atom is -0.399 e. The molecule has 0 saturated carbocycles. The second-order valence-corrected chi connectivity index (χ2v) is 6.16. The highest BCUT2D eigenvalue weighted by Crippen LogP contribution is 2.15. The lowest BCUT2D eigenvalue weighted by Crippen LogP contribution is -2.27. The average Bonchev–Trinajstić information content (AvgIpc) is 2.82. The van der Waals surface area contributed by atoms with Crippen LogP contribution in [0.3, 0.4) is 0 Å². The Kier molecular flexibility index (Phi) is 4.21. The van der Waals surface area contributed by atoms with Crippen molar-refractivity contribution in [2.45, 2.75) is 30.3 Å². The molecular weight excluding hydrogens is 252 g/mol. The first-order chi connectivity index (χ1) is 8.58. The fourth-order valence-corrected chi connectivity index (χ4v) is 3.00. The third kappa shape index (κ3) is 3.44. The number of hydrogen-bond acceptors (Lipinski definition) is 4. The van der Waals surface area contributed by atoms with E-state index in [0.717, 1.165) is 19.4 Å². The molecule has 1 fully saturated rings. The van der Waals surface area contributed by atoms with Crippen LogP contribution in [0.15, 0.2) is 29.2 Å². The second-order valence-electron chi connectivity index (χ2n) is 4.39. The maximum atomic E-state index is 11.9. The fraction of sp³-hybridized carbons (Fsp3) is 0.500. The van der Waals surface area contributed by atoms with Crippen LogP contribution in [-0.2, 0) is 14.8 Å². The predicted octanol–water partition coefficient (Wildman–Crippen LogP) is 1.12. The Labute approximate surface area is 107 Å². The van der Waals surface area contributed by atoms with Gasteiger partial charge in [-0.1, -0.05) is 0 Å². The zero-order valence-electron chi connectivity index (χ0n) is 10.1. The molecule has 1 aromatic carbocycles. The van der Waals surface area contributed by atoms with Gasteiger partial charge >= 0.3 is 0 Å². The highest BCUT2D eigenvalue weighted by atomic mass is 32.2. The number of anilines is 1. The van der Waals surface area contributed by atoms with E-state index in [1.165, 1.54) is 12.1 Å². The van der Waals surface area contributed by atoms with Crippen LogP contribution < -0.4 is 10.5 Å². The summed E-state index contributed by atoms with van der Waals surface area (Å²) in [7, 11) is -3.43. The molecule has 0 aliphatic carbocycles. The molecule has 2 rings (SSSR count). The number of nitrogens with one attached hydrogen (secondary N) is 1. The van der Waals surface area contributed by atoms with Crippen molar-refractivity contribution in [2.24, 2.45) is 0 Å². The molecule has 0 amide bonds. The van der Waals surface area contributed by atoms with Crippen molar-refractivity contribution in [1.82, 2.24) is 4.72 Å². The van der Waals surface area contributed by atoms with Crippen LogP contribution in [0, 0.1) is 0 Å². The van der Waals surface area contributed by atoms with Crippen molar-refractivity contribution in [3.8, 4) is 0 Å². The largest absolute Gasteiger partial charge is 0.399 e. The molecule has 1 aliphatic rings. The Hall–Kier alpha value is -1.11. The molecule has 1 saturated heterocycles. The van der Waals surface area contributed by atoms with Crippen molar-refractivity contribution in [3.05, 3.63) is 24.3 Å². The second kappa shape index (κ2) is 5.69. The molecule has 1 aliphatic heterocycles. The quantitative estimate of drug-likeness (QED) is 0.785. The van der Waals surface area contributed by atoms with Gasteiger partial charge in [-0.15, -0.1) is 0 Å². The molecule has 100 valence electrons. The molecule has 6 heteroatoms. The normalized spacial score (nSPS) is 20.1. The SMILES string of the molecule is Nc1ccc(S(=O)(=O)NCCC2CCCO2)cc1. The summed E-state index contributed by atoms with van der Waals surface area (Å²) in [5.74, 6) is 0. The summed E-state index contributed by atoms with van der Waals surface area (Å²) in [5.41, 5.74) is 6.07. The first-order valence-electron chi connectivity index (χ1n) is 6.05. The van der Waals surface area contributed by atoms with E-state index in [4.69, 9.17) is 10.5 Å². The Morgan fingerprint density at radius 1 is 1.33 bits per heavy atom. The first-order valence-corrected chi connectivity index (χ1v) is 7.53. The van der Waals surface area contributed by atoms with Crippen molar-refractivity contribution >= 4 is 15.7 Å². The third-order valence-corrected chi connectivity index (χ3v) is 4.45. The highest BCUT2D eigenvalue weighted by molar-refractivity contribution is 7.89. The number of benzene rings is 1. The van der Waals surface area contributed by atoms with Gasteiger partial charge in [0, 0.05) is 18.8 Å². The Morgan fingerprint density at radius 2 is 2.06 bits per heavy atom. The Balaban J connectivity index is 1.88. The molecule has 0 spiro atoms. The summed E-state index contributed by atoms with van der Waals surface area (Å²) in [4.78, 5) is 0.240. The molecule has 1 heterocycles. The van der Waals surface area contributed by atoms with Crippen molar-refractivity contribution in [2.75, 3.05) is 18.9 Å². The van der Waals surface area contributed by atoms with Gasteiger partial charge in [-0.3, -0.25) is 0 Å². The molecule has 18 heavy (non-hydrogen) atoms. The van der Waals surface area contributed by atoms with E-state index >= 15 is 0 Å². The standard InChI is InChI=1S/C12H18N2O3S/c13-10-3-5-12(6-4-10)18(15,16)14-8-7-11-2-1-9-17-11/h3-6,11,14H,1-2,7-9,13H2. The van der Waals surface area contributed by atoms with Crippen LogP contribution in [-0.4, -0.2) is 27.7 Å². The van der Waals surface area contributed by atoms with Gasteiger partial charge in [-0.25, -0.2) is 13.1 Å². The number of nitrogen functional groups attached to an aromatic ring is 1. The van der Waals surface area contributed by atoms with E-state index < -0.39 is 10.0 Å². The lowest BCUT2D eigenvalue weighted by atomic mass is 10.2. The van der Waals surface area contributed by atoms with E-state index in [2.05, 4.69) is 4.72 Å². The first kappa shape index (κ1) is 13.3. The van der Waals surface area contributed by atoms with Gasteiger partial charge in [0.1, 0.15) is 0 Å². The van der Waals surface area contributed by atoms with E-state index in [1.54, 1.807) is 12.1 Å². The van der Waals surface area contributed by atoms with E-state index in [1.807, 2.05) is 0 Å². The molecular formula is C12H18N2O3S. The minimum absolute atomic E-state index is 0.194. The van der Waals surface area contributed by atoms with Crippen LogP contribution in [0.5, 0.6) is 0 Å². The zero-order chi connectivity index (χ0) is 13.0. The number of hydrogen-bond donors (Lipinski definition) is 2. The monoisotopic (exact) mass is 270 g/mol. The summed E-state index contributed by atoms with van der Waals surface area (Å²) in [6.07, 6.45) is 2.99. The minimum atomic E-state index is -3.43. The van der Waals surface area contributed by atoms with E-state index in [0.29, 0.717) is 18.7 Å². The lowest BCUT2D eigenvalue weighted by Gasteiger charge is -2.10. The highest BCUT2D eigenvalue weighted by Gasteiger charge is 2.17. The number of nitrogens with two attached hydrogens (primary N) is 1. The van der Waals surface area contributed by atoms with Crippen LogP contribution >= 0.6 is 0 Å². The van der Waals surface area contributed by atoms with Gasteiger partial charge in [0.05, 0.1) is 11.0 Å². The third-order valence-electron chi connectivity index (χ3n) is 2.97. The van der Waals surface area contributed by atoms with Crippen LogP contribution in [0.4, 0.5) is 5.69 Å². The maximum absolute atomic E-state index is 11.9. The van der Waals surface area contributed by atoms with Gasteiger partial charge in [0.2, 0.25) is 10.0 Å². The molecule has 1 unspecified atom stereocenters. The number of sulfonamides is 1. The van der Waals surface area contributed by atoms with Crippen molar-refractivity contribution in [1.29, 1.82) is 0 Å². The Bertz CT molecular complexity index is 479. The molecule has 0 bridgehead atoms. The molecule has 5 nitrogen and oxygen atoms in total. The average molecular weight is 270 g/mol. The summed E-state index contributed by atoms with van der Waals surface area (Å²) in [6.45, 7) is 1.19. The number of ether oxygens (including phenoxy) is 1. The summed E-state index contributed by atoms with van der Waals surface area (Å²) in [5, 5.41) is 0. The van der Waals surface area contributed by atoms with Crippen LogP contribution in [0.25, 0.3) is 0 Å². The summed E-state index contributed by atoms with van der Waals surface area (Å²) < 4.78 is 31.9. The molecule has 1 aromatic rings. The van der Waals surface area contributed by atoms with E-state index in [9.17, 15) is 8.42 Å². The van der Waals surface area contributed by atoms with Gasteiger partial charge in [0.15, 0.2) is 0 Å². The van der Waals surface area contributed by atoms with Gasteiger partial charge in [-0.05, 0) is 43.5 Å². The van der Waals surface area contributed by atoms with E-state index in [-0.39, 0.29) is 11.0 Å². The summed E-state index contributed by atoms with van der Waals surface area (Å²) >= 11 is 0. The molecule has 1 atom stereocenters. The topological polar surface area (TPSA) is 81.4 Å². The summed E-state index contributed by atoms with van der Waals surface area (Å²) in [6, 6.07) is 6.16. The van der Waals surface area contributed by atoms with Gasteiger partial charge in [-0.2, -0.15) is 0 Å². The predicted molar refractivity (Wildman–Crippen MR) is 69.6 cm³/mol. The van der Waals surface area contributed by atoms with Crippen LogP contribution in [0.2, 0.25) is 0 Å². The van der Waals surface area contributed by atoms with Gasteiger partial charge in [0.25, 0.3) is 0 Å². The smallest absolute Gasteiger partial charge is 0.240 e. The van der Waals surface area contributed by atoms with Gasteiger partial charge < -0.3 is 10.5 Å². The Morgan fingerprint density at radius 3 is 2.67 bits per heavy atom. The van der Waals surface area contributed by atoms with Crippen LogP contribution in [0.1, 0.15) is 19.3 Å². The maximum Gasteiger partial charge on any atom is 0.240 e. The lowest BCUT2D eigenvalue weighted by molar-refractivity contribution is 0.105. The number of rotatable bonds is 5. The molecule has 0 aromatic heterocycles. The molecule has 3 N–H and O–H groups in total. The fourth-order valence-electron chi connectivity index (χ4n) is 1.96. The van der Waals surface area contributed by atoms with Crippen molar-refractivity contribution in [3.63, 3.8) is 0 Å². The van der Waals surface area contributed by atoms with Crippen molar-refractivity contribution < 1.29 is 13.2 Å². The molecule has 0 radical (unpaired) electrons. The zero-order valence-corrected chi connectivity index (χ0v) is 10.9.